The molecule has 1 aromatic rings. The molecule has 164 valence electrons. The highest BCUT2D eigenvalue weighted by atomic mass is 35.5. The Morgan fingerprint density at radius 3 is 2.34 bits per heavy atom. The van der Waals surface area contributed by atoms with Crippen molar-refractivity contribution < 1.29 is 4.79 Å². The lowest BCUT2D eigenvalue weighted by Gasteiger charge is -2.33. The Balaban J connectivity index is 0.00000150. The van der Waals surface area contributed by atoms with Crippen LogP contribution in [-0.2, 0) is 17.9 Å². The zero-order valence-electron chi connectivity index (χ0n) is 17.6. The first kappa shape index (κ1) is 24.5. The van der Waals surface area contributed by atoms with E-state index in [4.69, 9.17) is 0 Å². The SMILES string of the molecule is CC1CCCCN1Cc1ccc(CNC(=O)CC2CC3CCC(C2)N3)cc1.Cl.Cl. The molecule has 0 saturated carbocycles. The second-order valence-electron chi connectivity index (χ2n) is 9.09. The average molecular weight is 442 g/mol. The van der Waals surface area contributed by atoms with Crippen LogP contribution in [-0.4, -0.2) is 35.5 Å². The number of benzene rings is 1. The van der Waals surface area contributed by atoms with E-state index < -0.39 is 0 Å². The lowest BCUT2D eigenvalue weighted by Crippen LogP contribution is -2.39. The molecule has 0 spiro atoms. The third-order valence-corrected chi connectivity index (χ3v) is 6.88. The minimum absolute atomic E-state index is 0. The monoisotopic (exact) mass is 441 g/mol. The fourth-order valence-corrected chi connectivity index (χ4v) is 5.27. The maximum absolute atomic E-state index is 12.3. The van der Waals surface area contributed by atoms with Gasteiger partial charge in [0.15, 0.2) is 0 Å². The van der Waals surface area contributed by atoms with Crippen molar-refractivity contribution in [2.45, 2.75) is 89.5 Å². The summed E-state index contributed by atoms with van der Waals surface area (Å²) >= 11 is 0. The van der Waals surface area contributed by atoms with Gasteiger partial charge in [0.2, 0.25) is 5.91 Å². The second kappa shape index (κ2) is 11.5. The molecule has 0 radical (unpaired) electrons. The maximum Gasteiger partial charge on any atom is 0.220 e. The van der Waals surface area contributed by atoms with Crippen LogP contribution in [0.5, 0.6) is 0 Å². The number of piperidine rings is 2. The van der Waals surface area contributed by atoms with Crippen LogP contribution in [0.2, 0.25) is 0 Å². The standard InChI is InChI=1S/C23H35N3O.2ClH/c1-17-4-2-3-11-26(17)16-19-7-5-18(6-8-19)15-24-23(27)14-20-12-21-9-10-22(13-20)25-21;;/h5-8,17,20-22,25H,2-4,9-16H2,1H3,(H,24,27);2*1H. The van der Waals surface area contributed by atoms with Gasteiger partial charge in [-0.15, -0.1) is 24.8 Å². The molecule has 1 aromatic carbocycles. The summed E-state index contributed by atoms with van der Waals surface area (Å²) in [5.74, 6) is 0.783. The van der Waals surface area contributed by atoms with E-state index in [0.29, 0.717) is 37.0 Å². The Kier molecular flexibility index (Phi) is 9.74. The van der Waals surface area contributed by atoms with Crippen molar-refractivity contribution in [3.63, 3.8) is 0 Å². The van der Waals surface area contributed by atoms with Gasteiger partial charge < -0.3 is 10.6 Å². The van der Waals surface area contributed by atoms with Crippen molar-refractivity contribution in [3.05, 3.63) is 35.4 Å². The Labute approximate surface area is 188 Å². The number of carbonyl (C=O) groups is 1. The first-order valence-corrected chi connectivity index (χ1v) is 11.0. The quantitative estimate of drug-likeness (QED) is 0.685. The van der Waals surface area contributed by atoms with Gasteiger partial charge in [-0.05, 0) is 69.0 Å². The van der Waals surface area contributed by atoms with E-state index in [9.17, 15) is 4.79 Å². The number of rotatable bonds is 6. The third-order valence-electron chi connectivity index (χ3n) is 6.88. The van der Waals surface area contributed by atoms with Gasteiger partial charge in [0.1, 0.15) is 0 Å². The Hall–Kier alpha value is -0.810. The summed E-state index contributed by atoms with van der Waals surface area (Å²) in [5.41, 5.74) is 2.58. The summed E-state index contributed by atoms with van der Waals surface area (Å²) in [4.78, 5) is 14.9. The first-order valence-electron chi connectivity index (χ1n) is 11.0. The van der Waals surface area contributed by atoms with Crippen molar-refractivity contribution in [2.75, 3.05) is 6.54 Å². The molecular formula is C23H37Cl2N3O. The van der Waals surface area contributed by atoms with Crippen LogP contribution in [0, 0.1) is 5.92 Å². The van der Waals surface area contributed by atoms with E-state index in [1.807, 2.05) is 0 Å². The topological polar surface area (TPSA) is 44.4 Å². The first-order chi connectivity index (χ1) is 13.2. The molecule has 3 atom stereocenters. The molecule has 1 amide bonds. The Morgan fingerprint density at radius 1 is 1.03 bits per heavy atom. The zero-order valence-corrected chi connectivity index (χ0v) is 19.2. The Morgan fingerprint density at radius 2 is 1.69 bits per heavy atom. The maximum atomic E-state index is 12.3. The summed E-state index contributed by atoms with van der Waals surface area (Å²) in [5, 5.41) is 6.79. The predicted molar refractivity (Wildman–Crippen MR) is 124 cm³/mol. The number of halogens is 2. The molecule has 0 aromatic heterocycles. The van der Waals surface area contributed by atoms with Crippen LogP contribution < -0.4 is 10.6 Å². The van der Waals surface area contributed by atoms with E-state index >= 15 is 0 Å². The summed E-state index contributed by atoms with van der Waals surface area (Å²) < 4.78 is 0. The molecule has 2 N–H and O–H groups in total. The third kappa shape index (κ3) is 6.85. The largest absolute Gasteiger partial charge is 0.352 e. The fourth-order valence-electron chi connectivity index (χ4n) is 5.27. The number of amides is 1. The minimum Gasteiger partial charge on any atom is -0.352 e. The second-order valence-corrected chi connectivity index (χ2v) is 9.09. The molecule has 3 unspecified atom stereocenters. The van der Waals surface area contributed by atoms with E-state index in [2.05, 4.69) is 46.7 Å². The molecule has 3 fully saturated rings. The van der Waals surface area contributed by atoms with E-state index in [-0.39, 0.29) is 30.7 Å². The zero-order chi connectivity index (χ0) is 18.6. The highest BCUT2D eigenvalue weighted by Crippen LogP contribution is 2.32. The van der Waals surface area contributed by atoms with Gasteiger partial charge in [-0.3, -0.25) is 9.69 Å². The van der Waals surface area contributed by atoms with Crippen LogP contribution in [0.4, 0.5) is 0 Å². The van der Waals surface area contributed by atoms with Crippen molar-refractivity contribution in [1.29, 1.82) is 0 Å². The average Bonchev–Trinajstić information content (AvgIpc) is 3.01. The summed E-state index contributed by atoms with van der Waals surface area (Å²) in [6, 6.07) is 10.8. The molecule has 4 nitrogen and oxygen atoms in total. The van der Waals surface area contributed by atoms with Gasteiger partial charge in [-0.2, -0.15) is 0 Å². The summed E-state index contributed by atoms with van der Waals surface area (Å²) in [7, 11) is 0. The molecule has 3 aliphatic rings. The van der Waals surface area contributed by atoms with Crippen LogP contribution in [0.15, 0.2) is 24.3 Å². The lowest BCUT2D eigenvalue weighted by atomic mass is 9.89. The van der Waals surface area contributed by atoms with Crippen molar-refractivity contribution in [2.24, 2.45) is 5.92 Å². The van der Waals surface area contributed by atoms with Crippen LogP contribution >= 0.6 is 24.8 Å². The van der Waals surface area contributed by atoms with Gasteiger partial charge in [0, 0.05) is 37.6 Å². The minimum atomic E-state index is 0. The molecule has 3 heterocycles. The Bertz CT molecular complexity index is 628. The predicted octanol–water partition coefficient (Wildman–Crippen LogP) is 4.44. The van der Waals surface area contributed by atoms with Crippen molar-refractivity contribution in [3.8, 4) is 0 Å². The van der Waals surface area contributed by atoms with Crippen LogP contribution in [0.3, 0.4) is 0 Å². The van der Waals surface area contributed by atoms with Gasteiger partial charge in [-0.25, -0.2) is 0 Å². The molecule has 4 rings (SSSR count). The molecule has 2 bridgehead atoms. The smallest absolute Gasteiger partial charge is 0.220 e. The van der Waals surface area contributed by atoms with Crippen LogP contribution in [0.1, 0.15) is 69.4 Å². The van der Waals surface area contributed by atoms with Gasteiger partial charge in [-0.1, -0.05) is 30.7 Å². The number of likely N-dealkylation sites (tertiary alicyclic amines) is 1. The van der Waals surface area contributed by atoms with Gasteiger partial charge in [0.25, 0.3) is 0 Å². The highest BCUT2D eigenvalue weighted by Gasteiger charge is 2.34. The van der Waals surface area contributed by atoms with E-state index in [1.54, 1.807) is 0 Å². The number of nitrogens with one attached hydrogen (secondary N) is 2. The molecular weight excluding hydrogens is 405 g/mol. The van der Waals surface area contributed by atoms with E-state index in [1.165, 1.54) is 62.6 Å². The molecule has 6 heteroatoms. The number of hydrogen-bond acceptors (Lipinski definition) is 3. The summed E-state index contributed by atoms with van der Waals surface area (Å²) in [6.45, 7) is 5.26. The number of nitrogens with zero attached hydrogens (tertiary/aromatic N) is 1. The molecule has 3 saturated heterocycles. The number of carbonyl (C=O) groups excluding carboxylic acids is 1. The number of hydrogen-bond donors (Lipinski definition) is 2. The van der Waals surface area contributed by atoms with Crippen LogP contribution in [0.25, 0.3) is 0 Å². The molecule has 3 aliphatic heterocycles. The molecule has 0 aliphatic carbocycles. The summed E-state index contributed by atoms with van der Waals surface area (Å²) in [6.07, 6.45) is 9.65. The van der Waals surface area contributed by atoms with Crippen molar-refractivity contribution >= 4 is 30.7 Å². The van der Waals surface area contributed by atoms with E-state index in [0.717, 1.165) is 6.54 Å². The highest BCUT2D eigenvalue weighted by molar-refractivity contribution is 5.85. The normalized spacial score (nSPS) is 28.9. The van der Waals surface area contributed by atoms with Crippen molar-refractivity contribution in [1.82, 2.24) is 15.5 Å². The van der Waals surface area contributed by atoms with Gasteiger partial charge in [0.05, 0.1) is 0 Å². The fraction of sp³-hybridized carbons (Fsp3) is 0.696. The molecule has 29 heavy (non-hydrogen) atoms. The lowest BCUT2D eigenvalue weighted by molar-refractivity contribution is -0.122. The number of fused-ring (bicyclic) bond motifs is 2. The van der Waals surface area contributed by atoms with Gasteiger partial charge >= 0.3 is 0 Å².